The standard InChI is InChI=1S/C13H19N7O/c1-2-19(8-10-4-3-7-21-10)12-16-11(14)17-13(18-12)20-6-5-15-9-20/h5-6,9-10H,2-4,7-8H2,1H3,(H2,14,16,17,18). The van der Waals surface area contributed by atoms with Gasteiger partial charge in [-0.25, -0.2) is 4.98 Å². The van der Waals surface area contributed by atoms with Crippen molar-refractivity contribution in [3.8, 4) is 5.95 Å². The molecule has 0 saturated carbocycles. The van der Waals surface area contributed by atoms with E-state index in [4.69, 9.17) is 10.5 Å². The van der Waals surface area contributed by atoms with Crippen LogP contribution in [0.4, 0.5) is 11.9 Å². The minimum atomic E-state index is 0.203. The van der Waals surface area contributed by atoms with E-state index in [-0.39, 0.29) is 12.1 Å². The fraction of sp³-hybridized carbons (Fsp3) is 0.538. The molecule has 0 amide bonds. The van der Waals surface area contributed by atoms with Crippen LogP contribution in [0.2, 0.25) is 0 Å². The number of imidazole rings is 1. The summed E-state index contributed by atoms with van der Waals surface area (Å²) in [7, 11) is 0. The maximum Gasteiger partial charge on any atom is 0.241 e. The highest BCUT2D eigenvalue weighted by atomic mass is 16.5. The number of nitrogens with zero attached hydrogens (tertiary/aromatic N) is 6. The highest BCUT2D eigenvalue weighted by Gasteiger charge is 2.21. The molecule has 0 aliphatic carbocycles. The van der Waals surface area contributed by atoms with Crippen molar-refractivity contribution in [2.24, 2.45) is 0 Å². The smallest absolute Gasteiger partial charge is 0.241 e. The van der Waals surface area contributed by atoms with E-state index >= 15 is 0 Å². The minimum Gasteiger partial charge on any atom is -0.376 e. The molecule has 3 rings (SSSR count). The maximum atomic E-state index is 5.81. The van der Waals surface area contributed by atoms with Crippen LogP contribution in [0.15, 0.2) is 18.7 Å². The number of anilines is 2. The third-order valence-corrected chi connectivity index (χ3v) is 3.48. The molecule has 1 saturated heterocycles. The Morgan fingerprint density at radius 2 is 2.33 bits per heavy atom. The molecule has 1 fully saturated rings. The molecule has 3 heterocycles. The van der Waals surface area contributed by atoms with E-state index in [1.54, 1.807) is 23.3 Å². The first-order valence-corrected chi connectivity index (χ1v) is 7.12. The Labute approximate surface area is 123 Å². The SMILES string of the molecule is CCN(CC1CCCO1)c1nc(N)nc(-n2ccnc2)n1. The summed E-state index contributed by atoms with van der Waals surface area (Å²) in [5, 5.41) is 0. The Bertz CT molecular complexity index is 580. The zero-order valence-electron chi connectivity index (χ0n) is 12.0. The quantitative estimate of drug-likeness (QED) is 0.863. The summed E-state index contributed by atoms with van der Waals surface area (Å²) < 4.78 is 7.39. The third-order valence-electron chi connectivity index (χ3n) is 3.48. The highest BCUT2D eigenvalue weighted by Crippen LogP contribution is 2.17. The molecule has 21 heavy (non-hydrogen) atoms. The first-order chi connectivity index (χ1) is 10.3. The van der Waals surface area contributed by atoms with Crippen LogP contribution in [0.5, 0.6) is 0 Å². The van der Waals surface area contributed by atoms with Gasteiger partial charge in [0.2, 0.25) is 17.8 Å². The number of nitrogens with two attached hydrogens (primary N) is 1. The predicted octanol–water partition coefficient (Wildman–Crippen LogP) is 0.645. The minimum absolute atomic E-state index is 0.203. The van der Waals surface area contributed by atoms with Gasteiger partial charge < -0.3 is 15.4 Å². The number of aromatic nitrogens is 5. The van der Waals surface area contributed by atoms with Gasteiger partial charge in [-0.1, -0.05) is 0 Å². The van der Waals surface area contributed by atoms with Gasteiger partial charge in [-0.05, 0) is 19.8 Å². The molecule has 0 radical (unpaired) electrons. The first-order valence-electron chi connectivity index (χ1n) is 7.12. The van der Waals surface area contributed by atoms with Gasteiger partial charge >= 0.3 is 0 Å². The van der Waals surface area contributed by atoms with Crippen molar-refractivity contribution in [2.45, 2.75) is 25.9 Å². The van der Waals surface area contributed by atoms with E-state index in [9.17, 15) is 0 Å². The molecule has 1 aliphatic heterocycles. The molecule has 8 nitrogen and oxygen atoms in total. The average Bonchev–Trinajstić information content (AvgIpc) is 3.17. The molecule has 1 unspecified atom stereocenters. The lowest BCUT2D eigenvalue weighted by Crippen LogP contribution is -2.33. The van der Waals surface area contributed by atoms with Crippen LogP contribution in [0.25, 0.3) is 5.95 Å². The normalized spacial score (nSPS) is 18.0. The summed E-state index contributed by atoms with van der Waals surface area (Å²) >= 11 is 0. The number of hydrogen-bond donors (Lipinski definition) is 1. The molecule has 0 spiro atoms. The zero-order valence-corrected chi connectivity index (χ0v) is 12.0. The van der Waals surface area contributed by atoms with E-state index < -0.39 is 0 Å². The number of rotatable bonds is 5. The summed E-state index contributed by atoms with van der Waals surface area (Å²) in [6, 6.07) is 0. The molecule has 112 valence electrons. The van der Waals surface area contributed by atoms with E-state index in [0.29, 0.717) is 11.9 Å². The topological polar surface area (TPSA) is 95.0 Å². The van der Waals surface area contributed by atoms with Gasteiger partial charge in [0.05, 0.1) is 6.10 Å². The molecule has 2 N–H and O–H groups in total. The second-order valence-corrected chi connectivity index (χ2v) is 4.94. The zero-order chi connectivity index (χ0) is 14.7. The summed E-state index contributed by atoms with van der Waals surface area (Å²) in [5.74, 6) is 1.25. The summed E-state index contributed by atoms with van der Waals surface area (Å²) in [5.41, 5.74) is 5.81. The van der Waals surface area contributed by atoms with E-state index in [0.717, 1.165) is 32.5 Å². The Kier molecular flexibility index (Phi) is 3.96. The van der Waals surface area contributed by atoms with E-state index in [2.05, 4.69) is 31.8 Å². The molecule has 2 aromatic rings. The summed E-state index contributed by atoms with van der Waals surface area (Å²) in [6.45, 7) is 4.45. The summed E-state index contributed by atoms with van der Waals surface area (Å²) in [6.07, 6.45) is 7.50. The summed E-state index contributed by atoms with van der Waals surface area (Å²) in [4.78, 5) is 18.9. The molecule has 1 atom stereocenters. The molecule has 0 bridgehead atoms. The predicted molar refractivity (Wildman–Crippen MR) is 78.2 cm³/mol. The first kappa shape index (κ1) is 13.7. The number of hydrogen-bond acceptors (Lipinski definition) is 7. The van der Waals surface area contributed by atoms with Crippen molar-refractivity contribution in [3.63, 3.8) is 0 Å². The van der Waals surface area contributed by atoms with Crippen LogP contribution in [-0.2, 0) is 4.74 Å². The lowest BCUT2D eigenvalue weighted by atomic mass is 10.2. The Morgan fingerprint density at radius 1 is 1.43 bits per heavy atom. The van der Waals surface area contributed by atoms with Crippen molar-refractivity contribution in [1.82, 2.24) is 24.5 Å². The van der Waals surface area contributed by atoms with E-state index in [1.165, 1.54) is 0 Å². The fourth-order valence-corrected chi connectivity index (χ4v) is 2.39. The number of ether oxygens (including phenoxy) is 1. The molecule has 8 heteroatoms. The monoisotopic (exact) mass is 289 g/mol. The van der Waals surface area contributed by atoms with Crippen LogP contribution in [-0.4, -0.2) is 50.3 Å². The van der Waals surface area contributed by atoms with Crippen LogP contribution in [0.1, 0.15) is 19.8 Å². The molecular formula is C13H19N7O. The number of nitrogen functional groups attached to an aromatic ring is 1. The molecular weight excluding hydrogens is 270 g/mol. The van der Waals surface area contributed by atoms with Crippen molar-refractivity contribution >= 4 is 11.9 Å². The van der Waals surface area contributed by atoms with Gasteiger partial charge in [0, 0.05) is 32.1 Å². The second-order valence-electron chi connectivity index (χ2n) is 4.94. The van der Waals surface area contributed by atoms with Gasteiger partial charge in [0.15, 0.2) is 0 Å². The molecule has 0 aromatic carbocycles. The van der Waals surface area contributed by atoms with Crippen LogP contribution < -0.4 is 10.6 Å². The van der Waals surface area contributed by atoms with Crippen molar-refractivity contribution in [2.75, 3.05) is 30.3 Å². The van der Waals surface area contributed by atoms with Crippen LogP contribution in [0.3, 0.4) is 0 Å². The van der Waals surface area contributed by atoms with Crippen LogP contribution in [0, 0.1) is 0 Å². The van der Waals surface area contributed by atoms with Gasteiger partial charge in [-0.3, -0.25) is 4.57 Å². The average molecular weight is 289 g/mol. The Balaban J connectivity index is 1.85. The fourth-order valence-electron chi connectivity index (χ4n) is 2.39. The maximum absolute atomic E-state index is 5.81. The van der Waals surface area contributed by atoms with Crippen LogP contribution >= 0.6 is 0 Å². The van der Waals surface area contributed by atoms with Gasteiger partial charge in [0.25, 0.3) is 0 Å². The third kappa shape index (κ3) is 3.10. The lowest BCUT2D eigenvalue weighted by molar-refractivity contribution is 0.115. The van der Waals surface area contributed by atoms with Crippen molar-refractivity contribution in [1.29, 1.82) is 0 Å². The Hall–Kier alpha value is -2.22. The second kappa shape index (κ2) is 6.04. The highest BCUT2D eigenvalue weighted by molar-refractivity contribution is 5.38. The number of likely N-dealkylation sites (N-methyl/N-ethyl adjacent to an activating group) is 1. The van der Waals surface area contributed by atoms with Crippen molar-refractivity contribution < 1.29 is 4.74 Å². The Morgan fingerprint density at radius 3 is 3.00 bits per heavy atom. The molecule has 1 aliphatic rings. The lowest BCUT2D eigenvalue weighted by Gasteiger charge is -2.24. The molecule has 2 aromatic heterocycles. The van der Waals surface area contributed by atoms with Gasteiger partial charge in [-0.2, -0.15) is 15.0 Å². The largest absolute Gasteiger partial charge is 0.376 e. The van der Waals surface area contributed by atoms with Gasteiger partial charge in [-0.15, -0.1) is 0 Å². The van der Waals surface area contributed by atoms with E-state index in [1.807, 2.05) is 0 Å². The van der Waals surface area contributed by atoms with Crippen molar-refractivity contribution in [3.05, 3.63) is 18.7 Å². The van der Waals surface area contributed by atoms with Gasteiger partial charge in [0.1, 0.15) is 6.33 Å².